The number of thioether (sulfide) groups is 1. The number of rotatable bonds is 9. The van der Waals surface area contributed by atoms with Crippen molar-refractivity contribution in [2.75, 3.05) is 32.2 Å². The number of amides is 3. The Kier molecular flexibility index (Phi) is 9.39. The minimum atomic E-state index is -1.26. The molecule has 17 heteroatoms. The summed E-state index contributed by atoms with van der Waals surface area (Å²) in [5.41, 5.74) is 5.26. The molecule has 2 aliphatic rings. The van der Waals surface area contributed by atoms with Gasteiger partial charge in [-0.2, -0.15) is 0 Å². The zero-order valence-corrected chi connectivity index (χ0v) is 23.3. The van der Waals surface area contributed by atoms with Gasteiger partial charge in [-0.15, -0.1) is 23.1 Å². The maximum Gasteiger partial charge on any atom is 0.409 e. The average Bonchev–Trinajstić information content (AvgIpc) is 3.30. The van der Waals surface area contributed by atoms with E-state index in [0.29, 0.717) is 0 Å². The van der Waals surface area contributed by atoms with Crippen LogP contribution in [0.1, 0.15) is 26.5 Å². The summed E-state index contributed by atoms with van der Waals surface area (Å²) >= 11 is 2.24. The van der Waals surface area contributed by atoms with E-state index in [1.54, 1.807) is 13.8 Å². The highest BCUT2D eigenvalue weighted by Crippen LogP contribution is 2.41. The van der Waals surface area contributed by atoms with Crippen molar-refractivity contribution in [3.05, 3.63) is 22.3 Å². The van der Waals surface area contributed by atoms with Crippen molar-refractivity contribution in [3.8, 4) is 0 Å². The Labute approximate surface area is 231 Å². The number of esters is 2. The van der Waals surface area contributed by atoms with E-state index in [4.69, 9.17) is 19.9 Å². The molecule has 0 aromatic carbocycles. The van der Waals surface area contributed by atoms with E-state index in [2.05, 4.69) is 15.5 Å². The summed E-state index contributed by atoms with van der Waals surface area (Å²) in [7, 11) is 2.97. The van der Waals surface area contributed by atoms with Crippen LogP contribution in [0.3, 0.4) is 0 Å². The van der Waals surface area contributed by atoms with Gasteiger partial charge in [-0.1, -0.05) is 19.0 Å². The van der Waals surface area contributed by atoms with Crippen LogP contribution in [0, 0.1) is 5.92 Å². The minimum absolute atomic E-state index is 0.0246. The highest BCUT2D eigenvalue weighted by atomic mass is 32.2. The summed E-state index contributed by atoms with van der Waals surface area (Å²) in [5, 5.41) is 15.6. The van der Waals surface area contributed by atoms with Crippen LogP contribution in [-0.4, -0.2) is 99.7 Å². The Morgan fingerprint density at radius 2 is 1.97 bits per heavy atom. The van der Waals surface area contributed by atoms with E-state index in [1.165, 1.54) is 43.1 Å². The zero-order valence-electron chi connectivity index (χ0n) is 21.7. The maximum absolute atomic E-state index is 13.2. The van der Waals surface area contributed by atoms with Crippen LogP contribution >= 0.6 is 23.1 Å². The second-order valence-corrected chi connectivity index (χ2v) is 10.8. The van der Waals surface area contributed by atoms with Crippen molar-refractivity contribution in [2.45, 2.75) is 38.5 Å². The van der Waals surface area contributed by atoms with Crippen molar-refractivity contribution < 1.29 is 43.4 Å². The summed E-state index contributed by atoms with van der Waals surface area (Å²) in [6.07, 6.45) is -1.93. The number of nitrogens with one attached hydrogen (secondary N) is 1. The minimum Gasteiger partial charge on any atom is -0.445 e. The predicted octanol–water partition coefficient (Wildman–Crippen LogP) is 0.344. The van der Waals surface area contributed by atoms with E-state index in [-0.39, 0.29) is 34.5 Å². The van der Waals surface area contributed by atoms with Gasteiger partial charge in [0.1, 0.15) is 29.4 Å². The molecule has 2 aliphatic heterocycles. The highest BCUT2D eigenvalue weighted by molar-refractivity contribution is 8.00. The quantitative estimate of drug-likeness (QED) is 0.0898. The molecule has 3 heterocycles. The van der Waals surface area contributed by atoms with Crippen LogP contribution in [0.5, 0.6) is 0 Å². The lowest BCUT2D eigenvalue weighted by atomic mass is 10.0. The zero-order chi connectivity index (χ0) is 29.0. The summed E-state index contributed by atoms with van der Waals surface area (Å²) < 4.78 is 15.6. The Hall–Kier alpha value is -3.86. The summed E-state index contributed by atoms with van der Waals surface area (Å²) in [5.74, 6) is -3.42. The Balaban J connectivity index is 1.80. The molecule has 1 saturated heterocycles. The molecule has 3 rings (SSSR count). The lowest BCUT2D eigenvalue weighted by Gasteiger charge is -2.49. The molecule has 0 aliphatic carbocycles. The summed E-state index contributed by atoms with van der Waals surface area (Å²) in [4.78, 5) is 69.2. The van der Waals surface area contributed by atoms with Crippen LogP contribution in [0.15, 0.2) is 21.8 Å². The van der Waals surface area contributed by atoms with Gasteiger partial charge in [0.05, 0.1) is 5.92 Å². The van der Waals surface area contributed by atoms with Gasteiger partial charge in [0.25, 0.3) is 11.8 Å². The number of fused-ring (bicyclic) bond motifs is 1. The standard InChI is InChI=1S/C22H28N6O9S2/c1-9(2)19(31)36-10(3)37-20(32)15-11(6-35-22(33)27(4)5)7-38-18-14(17(30)28(15)18)25-16(29)13(26-34)12-8-39-21(23)24-12/h8-10,14,18,34H,6-7H2,1-5H3,(H2,23,24)(H,25,29)/b26-13-/t10?,14?,18-/m0/s1. The van der Waals surface area contributed by atoms with E-state index >= 15 is 0 Å². The second-order valence-electron chi connectivity index (χ2n) is 8.85. The monoisotopic (exact) mass is 584 g/mol. The fraction of sp³-hybridized carbons (Fsp3) is 0.500. The number of anilines is 1. The van der Waals surface area contributed by atoms with Crippen molar-refractivity contribution in [3.63, 3.8) is 0 Å². The smallest absolute Gasteiger partial charge is 0.409 e. The van der Waals surface area contributed by atoms with Gasteiger partial charge in [-0.05, 0) is 0 Å². The lowest BCUT2D eigenvalue weighted by Crippen LogP contribution is -2.71. The Morgan fingerprint density at radius 3 is 2.54 bits per heavy atom. The van der Waals surface area contributed by atoms with Gasteiger partial charge in [-0.25, -0.2) is 14.6 Å². The van der Waals surface area contributed by atoms with Gasteiger partial charge in [0.2, 0.25) is 6.29 Å². The second kappa shape index (κ2) is 12.3. The largest absolute Gasteiger partial charge is 0.445 e. The van der Waals surface area contributed by atoms with Gasteiger partial charge >= 0.3 is 18.0 Å². The van der Waals surface area contributed by atoms with E-state index in [9.17, 15) is 29.2 Å². The number of hydrogen-bond acceptors (Lipinski definition) is 14. The molecule has 0 spiro atoms. The maximum atomic E-state index is 13.2. The van der Waals surface area contributed by atoms with Gasteiger partial charge in [-0.3, -0.25) is 19.3 Å². The fourth-order valence-electron chi connectivity index (χ4n) is 3.41. The molecule has 0 radical (unpaired) electrons. The first-order chi connectivity index (χ1) is 18.3. The number of thiazole rings is 1. The highest BCUT2D eigenvalue weighted by Gasteiger charge is 2.55. The Bertz CT molecular complexity index is 1230. The van der Waals surface area contributed by atoms with Gasteiger partial charge in [0, 0.05) is 37.7 Å². The van der Waals surface area contributed by atoms with Crippen LogP contribution < -0.4 is 11.1 Å². The average molecular weight is 585 g/mol. The third kappa shape index (κ3) is 6.59. The molecular weight excluding hydrogens is 556 g/mol. The molecule has 1 aromatic rings. The number of carbonyl (C=O) groups is 5. The van der Waals surface area contributed by atoms with Crippen LogP contribution in [0.2, 0.25) is 0 Å². The number of nitrogen functional groups attached to an aromatic ring is 1. The van der Waals surface area contributed by atoms with Crippen molar-refractivity contribution in [1.29, 1.82) is 0 Å². The van der Waals surface area contributed by atoms with Crippen molar-refractivity contribution in [2.24, 2.45) is 11.1 Å². The van der Waals surface area contributed by atoms with Crippen LogP contribution in [0.25, 0.3) is 0 Å². The molecule has 2 unspecified atom stereocenters. The topological polar surface area (TPSA) is 203 Å². The lowest BCUT2D eigenvalue weighted by molar-refractivity contribution is -0.186. The third-order valence-electron chi connectivity index (χ3n) is 5.37. The molecule has 0 bridgehead atoms. The first-order valence-electron chi connectivity index (χ1n) is 11.5. The Morgan fingerprint density at radius 1 is 1.28 bits per heavy atom. The molecule has 39 heavy (non-hydrogen) atoms. The number of aromatic nitrogens is 1. The summed E-state index contributed by atoms with van der Waals surface area (Å²) in [6.45, 7) is 4.27. The van der Waals surface area contributed by atoms with Crippen LogP contribution in [0.4, 0.5) is 9.93 Å². The summed E-state index contributed by atoms with van der Waals surface area (Å²) in [6, 6.07) is -1.08. The van der Waals surface area contributed by atoms with Gasteiger partial charge < -0.3 is 35.4 Å². The molecule has 15 nitrogen and oxygen atoms in total. The molecular formula is C22H28N6O9S2. The molecule has 1 fully saturated rings. The molecule has 3 amide bonds. The van der Waals surface area contributed by atoms with E-state index < -0.39 is 59.2 Å². The fourth-order valence-corrected chi connectivity index (χ4v) is 5.28. The number of carbonyl (C=O) groups excluding carboxylic acids is 5. The molecule has 1 aromatic heterocycles. The van der Waals surface area contributed by atoms with E-state index in [0.717, 1.165) is 16.2 Å². The number of nitrogens with two attached hydrogens (primary N) is 1. The number of nitrogens with zero attached hydrogens (tertiary/aromatic N) is 4. The molecule has 3 atom stereocenters. The SMILES string of the molecule is CC(OC(=O)C1=C(COC(=O)N(C)C)CS[C@H]2C(NC(=O)/C(=N\O)c3csc(N)n3)C(=O)N12)OC(=O)C(C)C. The number of β-lactam (4-membered cyclic amide) rings is 1. The third-order valence-corrected chi connectivity index (χ3v) is 7.38. The van der Waals surface area contributed by atoms with Crippen molar-refractivity contribution in [1.82, 2.24) is 20.1 Å². The molecule has 212 valence electrons. The van der Waals surface area contributed by atoms with Crippen LogP contribution in [-0.2, 0) is 33.4 Å². The predicted molar refractivity (Wildman–Crippen MR) is 138 cm³/mol. The van der Waals surface area contributed by atoms with E-state index in [1.807, 2.05) is 0 Å². The molecule has 4 N–H and O–H groups in total. The van der Waals surface area contributed by atoms with Crippen molar-refractivity contribution >= 4 is 63.8 Å². The first-order valence-corrected chi connectivity index (χ1v) is 13.4. The van der Waals surface area contributed by atoms with Gasteiger partial charge in [0.15, 0.2) is 10.8 Å². The number of ether oxygens (including phenoxy) is 3. The number of oxime groups is 1. The normalized spacial score (nSPS) is 19.6. The number of hydrogen-bond donors (Lipinski definition) is 3. The molecule has 0 saturated carbocycles. The first kappa shape index (κ1) is 29.7.